The van der Waals surface area contributed by atoms with Gasteiger partial charge < -0.3 is 105 Å². The van der Waals surface area contributed by atoms with E-state index in [0.29, 0.717) is 0 Å². The van der Waals surface area contributed by atoms with Crippen molar-refractivity contribution in [3.8, 4) is 0 Å². The quantitative estimate of drug-likeness (QED) is 0.0867. The first-order valence-corrected chi connectivity index (χ1v) is 14.0. The van der Waals surface area contributed by atoms with Crippen molar-refractivity contribution in [1.29, 1.82) is 0 Å². The van der Waals surface area contributed by atoms with E-state index in [1.54, 1.807) is 0 Å². The zero-order valence-corrected chi connectivity index (χ0v) is 23.7. The van der Waals surface area contributed by atoms with Gasteiger partial charge in [-0.05, 0) is 0 Å². The third kappa shape index (κ3) is 6.49. The van der Waals surface area contributed by atoms with Gasteiger partial charge in [0.05, 0.1) is 26.4 Å². The molecule has 4 aliphatic rings. The average molecular weight is 667 g/mol. The van der Waals surface area contributed by atoms with Gasteiger partial charge in [-0.1, -0.05) is 0 Å². The third-order valence-corrected chi connectivity index (χ3v) is 8.49. The maximum atomic E-state index is 11.2. The lowest BCUT2D eigenvalue weighted by molar-refractivity contribution is -0.401. The van der Waals surface area contributed by atoms with Crippen molar-refractivity contribution in [2.24, 2.45) is 0 Å². The van der Waals surface area contributed by atoms with E-state index >= 15 is 0 Å². The highest BCUT2D eigenvalue weighted by atomic mass is 16.8. The van der Waals surface area contributed by atoms with Crippen molar-refractivity contribution in [1.82, 2.24) is 0 Å². The smallest absolute Gasteiger partial charge is 0.224 e. The maximum Gasteiger partial charge on any atom is 0.224 e. The molecule has 0 saturated carbocycles. The third-order valence-electron chi connectivity index (χ3n) is 8.49. The lowest BCUT2D eigenvalue weighted by Crippen LogP contribution is -2.63. The molecule has 4 rings (SSSR count). The van der Waals surface area contributed by atoms with Gasteiger partial charge >= 0.3 is 0 Å². The molecule has 4 fully saturated rings. The molecular weight excluding hydrogens is 624 g/mol. The summed E-state index contributed by atoms with van der Waals surface area (Å²) in [5, 5.41) is 143. The molecule has 0 aliphatic carbocycles. The molecule has 4 saturated heterocycles. The second kappa shape index (κ2) is 14.3. The van der Waals surface area contributed by atoms with Gasteiger partial charge in [0.25, 0.3) is 0 Å². The minimum absolute atomic E-state index is 0.773. The zero-order chi connectivity index (χ0) is 33.5. The summed E-state index contributed by atoms with van der Waals surface area (Å²) in [4.78, 5) is 0. The van der Waals surface area contributed by atoms with Crippen molar-refractivity contribution in [3.05, 3.63) is 0 Å². The van der Waals surface area contributed by atoms with Crippen molar-refractivity contribution in [2.75, 3.05) is 46.2 Å². The Balaban J connectivity index is 1.61. The topological polar surface area (TPSA) is 348 Å². The van der Waals surface area contributed by atoms with Crippen LogP contribution in [-0.4, -0.2) is 221 Å². The monoisotopic (exact) mass is 666 g/mol. The highest BCUT2D eigenvalue weighted by Crippen LogP contribution is 2.41. The van der Waals surface area contributed by atoms with E-state index in [1.807, 2.05) is 0 Å². The summed E-state index contributed by atoms with van der Waals surface area (Å²) in [6.45, 7) is -6.65. The molecule has 0 aromatic carbocycles. The Kier molecular flexibility index (Phi) is 11.8. The summed E-state index contributed by atoms with van der Waals surface area (Å²) in [6, 6.07) is 0. The van der Waals surface area contributed by atoms with E-state index in [0.717, 1.165) is 0 Å². The van der Waals surface area contributed by atoms with Gasteiger partial charge in [-0.25, -0.2) is 0 Å². The number of hydrogen-bond acceptors (Lipinski definition) is 21. The molecule has 45 heavy (non-hydrogen) atoms. The highest BCUT2D eigenvalue weighted by Gasteiger charge is 2.63. The van der Waals surface area contributed by atoms with Gasteiger partial charge in [0.2, 0.25) is 17.4 Å². The van der Waals surface area contributed by atoms with Crippen LogP contribution in [-0.2, 0) is 33.2 Å². The fraction of sp³-hybridized carbons (Fsp3) is 1.00. The summed E-state index contributed by atoms with van der Waals surface area (Å²) < 4.78 is 38.4. The number of ether oxygens (including phenoxy) is 7. The van der Waals surface area contributed by atoms with Crippen LogP contribution in [0.3, 0.4) is 0 Å². The summed E-state index contributed by atoms with van der Waals surface area (Å²) in [6.07, 6.45) is -25.5. The van der Waals surface area contributed by atoms with E-state index in [-0.39, 0.29) is 0 Å². The molecule has 17 unspecified atom stereocenters. The van der Waals surface area contributed by atoms with E-state index in [1.165, 1.54) is 0 Å². The summed E-state index contributed by atoms with van der Waals surface area (Å²) in [5.74, 6) is -7.51. The van der Waals surface area contributed by atoms with Crippen LogP contribution in [0.1, 0.15) is 0 Å². The Bertz CT molecular complexity index is 962. The molecule has 0 aromatic heterocycles. The standard InChI is InChI=1S/C24H42O21/c25-1-8-12(30)16(34)17(35)21(41-8)45-24(7-40-23(6-29)19(37)14(32)10(3-27)43-23)20(38)15(33)11(44-24)4-39-22(5-28)18(36)13(31)9(2-26)42-22/h8-21,25-38H,1-7H2. The largest absolute Gasteiger partial charge is 0.394 e. The lowest BCUT2D eigenvalue weighted by Gasteiger charge is -2.44. The van der Waals surface area contributed by atoms with Crippen molar-refractivity contribution >= 4 is 0 Å². The molecule has 17 atom stereocenters. The molecule has 0 spiro atoms. The number of aliphatic hydroxyl groups excluding tert-OH is 14. The molecule has 4 aliphatic heterocycles. The van der Waals surface area contributed by atoms with Gasteiger partial charge in [-0.3, -0.25) is 0 Å². The van der Waals surface area contributed by atoms with Crippen LogP contribution in [0.25, 0.3) is 0 Å². The Morgan fingerprint density at radius 1 is 0.467 bits per heavy atom. The van der Waals surface area contributed by atoms with Gasteiger partial charge in [-0.2, -0.15) is 0 Å². The highest BCUT2D eigenvalue weighted by molar-refractivity contribution is 5.03. The van der Waals surface area contributed by atoms with Gasteiger partial charge in [0.15, 0.2) is 6.29 Å². The second-order valence-electron chi connectivity index (χ2n) is 11.3. The molecule has 21 nitrogen and oxygen atoms in total. The normalized spacial score (nSPS) is 52.1. The van der Waals surface area contributed by atoms with E-state index in [2.05, 4.69) is 0 Å². The van der Waals surface area contributed by atoms with Crippen molar-refractivity contribution < 1.29 is 105 Å². The maximum absolute atomic E-state index is 11.2. The van der Waals surface area contributed by atoms with Gasteiger partial charge in [-0.15, -0.1) is 0 Å². The first-order chi connectivity index (χ1) is 21.2. The molecule has 4 heterocycles. The SMILES string of the molecule is OCC1OC(OC2(COC3(CO)OC(CO)C(O)C3O)OC(COC3(CO)OC(CO)C(O)C3O)C(O)C2O)C(O)C(O)C1O. The molecule has 0 aromatic rings. The summed E-state index contributed by atoms with van der Waals surface area (Å²) in [5.41, 5.74) is 0. The first-order valence-electron chi connectivity index (χ1n) is 14.0. The van der Waals surface area contributed by atoms with Crippen LogP contribution in [0.5, 0.6) is 0 Å². The minimum Gasteiger partial charge on any atom is -0.394 e. The van der Waals surface area contributed by atoms with Crippen LogP contribution < -0.4 is 0 Å². The van der Waals surface area contributed by atoms with Crippen molar-refractivity contribution in [2.45, 2.75) is 103 Å². The molecule has 0 amide bonds. The van der Waals surface area contributed by atoms with Crippen LogP contribution in [0.2, 0.25) is 0 Å². The predicted octanol–water partition coefficient (Wildman–Crippen LogP) is -9.74. The van der Waals surface area contributed by atoms with Crippen LogP contribution in [0.4, 0.5) is 0 Å². The molecular formula is C24H42O21. The second-order valence-corrected chi connectivity index (χ2v) is 11.3. The zero-order valence-electron chi connectivity index (χ0n) is 23.7. The molecule has 14 N–H and O–H groups in total. The fourth-order valence-corrected chi connectivity index (χ4v) is 5.65. The summed E-state index contributed by atoms with van der Waals surface area (Å²) in [7, 11) is 0. The van der Waals surface area contributed by atoms with E-state index in [9.17, 15) is 71.5 Å². The molecule has 21 heteroatoms. The van der Waals surface area contributed by atoms with Crippen LogP contribution in [0.15, 0.2) is 0 Å². The molecule has 0 bridgehead atoms. The number of rotatable bonds is 13. The molecule has 0 radical (unpaired) electrons. The fourth-order valence-electron chi connectivity index (χ4n) is 5.65. The Hall–Kier alpha value is -0.840. The predicted molar refractivity (Wildman–Crippen MR) is 134 cm³/mol. The Labute approximate surface area is 254 Å². The van der Waals surface area contributed by atoms with Crippen LogP contribution >= 0.6 is 0 Å². The lowest BCUT2D eigenvalue weighted by atomic mass is 9.99. The Morgan fingerprint density at radius 3 is 1.38 bits per heavy atom. The van der Waals surface area contributed by atoms with Crippen LogP contribution in [0, 0.1) is 0 Å². The number of aliphatic hydroxyl groups is 14. The summed E-state index contributed by atoms with van der Waals surface area (Å²) >= 11 is 0. The molecule has 264 valence electrons. The van der Waals surface area contributed by atoms with Gasteiger partial charge in [0, 0.05) is 0 Å². The Morgan fingerprint density at radius 2 is 0.911 bits per heavy atom. The van der Waals surface area contributed by atoms with Gasteiger partial charge in [0.1, 0.15) is 99.2 Å². The average Bonchev–Trinajstić information content (AvgIpc) is 3.55. The van der Waals surface area contributed by atoms with E-state index in [4.69, 9.17) is 33.2 Å². The van der Waals surface area contributed by atoms with Crippen molar-refractivity contribution in [3.63, 3.8) is 0 Å². The number of hydrogen-bond donors (Lipinski definition) is 14. The first kappa shape index (κ1) is 37.0. The van der Waals surface area contributed by atoms with E-state index < -0.39 is 149 Å². The minimum atomic E-state index is -2.71.